The highest BCUT2D eigenvalue weighted by Crippen LogP contribution is 2.58. The summed E-state index contributed by atoms with van der Waals surface area (Å²) < 4.78 is 53.3. The van der Waals surface area contributed by atoms with Crippen molar-refractivity contribution >= 4 is 101 Å². The maximum atomic E-state index is 10.0. The molecule has 18 rings (SSSR count). The predicted octanol–water partition coefficient (Wildman–Crippen LogP) is 33.3. The van der Waals surface area contributed by atoms with E-state index in [-0.39, 0.29) is 83.9 Å². The smallest absolute Gasteiger partial charge is 0.252 e. The lowest BCUT2D eigenvalue weighted by molar-refractivity contribution is 0.569. The summed E-state index contributed by atoms with van der Waals surface area (Å²) in [7, 11) is 0. The van der Waals surface area contributed by atoms with Crippen LogP contribution in [-0.4, -0.2) is 15.8 Å². The normalized spacial score (nSPS) is 14.3. The molecule has 0 radical (unpaired) electrons. The highest BCUT2D eigenvalue weighted by atomic mass is 15.2. The third-order valence-corrected chi connectivity index (χ3v) is 27.9. The van der Waals surface area contributed by atoms with Gasteiger partial charge in [0.1, 0.15) is 0 Å². The molecule has 4 nitrogen and oxygen atoms in total. The van der Waals surface area contributed by atoms with Gasteiger partial charge in [0.15, 0.2) is 0 Å². The van der Waals surface area contributed by atoms with E-state index in [4.69, 9.17) is 1.37 Å². The van der Waals surface area contributed by atoms with Crippen LogP contribution in [0, 0.1) is 0 Å². The van der Waals surface area contributed by atoms with E-state index in [2.05, 4.69) is 463 Å². The summed E-state index contributed by atoms with van der Waals surface area (Å²) in [4.78, 5) is 5.32. The number of benzene rings is 14. The van der Waals surface area contributed by atoms with Gasteiger partial charge < -0.3 is 18.9 Å². The summed E-state index contributed by atoms with van der Waals surface area (Å²) >= 11 is 0. The molecule has 4 heterocycles. The standard InChI is InChI=1S/C124H135BN4/c1-115(2,3)81-50-45-77(46-51-81)91-39-34-41-93(80-65-87(121(19,20)21)68-88(66-80)122(22,23)24)113(91)128-107-67-79(76-37-32-31-33-38-76)49-59-101(107)125-102-60-58-89(126-103-61-54-83(117(7,8)9)69-95(103)96-70-84(118(10,11)12)55-62-104(96)126)73-108(102)129(110-75-90(74-109(128)112(110)125)127-105-63-56-85(119(13,14)15)71-97(105)98-72-86(120(16,17)18)57-64-106(98)127)114-92(78-47-52-82(53-48-78)116(4,5)6)40-35-42-94(114)111-99(123(25,26)27)43-36-44-100(111)124(28,29)30/h31-75H,1-30H3/i31D,32D,33D,37D,38D. The third-order valence-electron chi connectivity index (χ3n) is 27.9. The molecule has 0 bridgehead atoms. The molecule has 14 aromatic carbocycles. The van der Waals surface area contributed by atoms with Gasteiger partial charge in [-0.15, -0.1) is 0 Å². The summed E-state index contributed by atoms with van der Waals surface area (Å²) in [5.74, 6) is 0. The Balaban J connectivity index is 1.11. The average Bonchev–Trinajstić information content (AvgIpc) is 1.09. The summed E-state index contributed by atoms with van der Waals surface area (Å²) in [5, 5.41) is 4.72. The first-order valence-corrected chi connectivity index (χ1v) is 47.0. The van der Waals surface area contributed by atoms with E-state index in [1.54, 1.807) is 0 Å². The van der Waals surface area contributed by atoms with Crippen LogP contribution in [0.3, 0.4) is 0 Å². The SMILES string of the molecule is [2H]c1c([2H])c([2H])c(-c2ccc3c(c2)N(c2c(-c4ccc(C(C)(C)C)cc4)cccc2-c2cc(C(C)(C)C)cc(C(C)(C)C)c2)c2cc(-n4c5ccc(C(C)(C)C)cc5c5cc(C(C)(C)C)ccc54)cc4c2B3c2ccc(-n3c5ccc(C(C)(C)C)cc5c5cc(C(C)(C)C)ccc53)cc2N4c2c(-c3ccc(C(C)(C)C)cc3)cccc2-c2c(C(C)(C)C)cccc2C(C)(C)C)c([2H])c1[2H]. The van der Waals surface area contributed by atoms with Crippen molar-refractivity contribution in [3.05, 3.63) is 329 Å². The Bertz CT molecular complexity index is 7270. The van der Waals surface area contributed by atoms with Crippen molar-refractivity contribution in [1.29, 1.82) is 0 Å². The van der Waals surface area contributed by atoms with Crippen LogP contribution in [-0.2, 0) is 54.1 Å². The van der Waals surface area contributed by atoms with Crippen LogP contribution in [0.2, 0.25) is 0 Å². The molecule has 0 N–H and O–H groups in total. The quantitative estimate of drug-likeness (QED) is 0.134. The predicted molar refractivity (Wildman–Crippen MR) is 563 cm³/mol. The monoisotopic (exact) mass is 1700 g/mol. The molecule has 129 heavy (non-hydrogen) atoms. The maximum absolute atomic E-state index is 10.0. The van der Waals surface area contributed by atoms with Crippen LogP contribution >= 0.6 is 0 Å². The number of anilines is 6. The second-order valence-corrected chi connectivity index (χ2v) is 47.7. The van der Waals surface area contributed by atoms with E-state index < -0.39 is 12.8 Å². The fraction of sp³-hybridized carbons (Fsp3) is 0.323. The number of hydrogen-bond donors (Lipinski definition) is 0. The van der Waals surface area contributed by atoms with Crippen LogP contribution in [0.1, 0.15) is 270 Å². The lowest BCUT2D eigenvalue weighted by Gasteiger charge is -2.46. The minimum Gasteiger partial charge on any atom is -0.310 e. The van der Waals surface area contributed by atoms with Crippen molar-refractivity contribution in [3.63, 3.8) is 0 Å². The van der Waals surface area contributed by atoms with E-state index in [0.717, 1.165) is 134 Å². The zero-order chi connectivity index (χ0) is 96.6. The number of para-hydroxylation sites is 2. The lowest BCUT2D eigenvalue weighted by atomic mass is 9.33. The molecule has 2 aliphatic heterocycles. The second-order valence-electron chi connectivity index (χ2n) is 47.7. The van der Waals surface area contributed by atoms with Gasteiger partial charge in [-0.05, 0) is 238 Å². The molecular formula is C124H135BN4. The van der Waals surface area contributed by atoms with Crippen LogP contribution in [0.15, 0.2) is 273 Å². The van der Waals surface area contributed by atoms with Crippen molar-refractivity contribution in [2.24, 2.45) is 0 Å². The minimum absolute atomic E-state index is 0.132. The van der Waals surface area contributed by atoms with Crippen molar-refractivity contribution in [2.45, 2.75) is 262 Å². The summed E-state index contributed by atoms with van der Waals surface area (Å²) in [6.07, 6.45) is 0. The molecule has 0 fully saturated rings. The van der Waals surface area contributed by atoms with Crippen molar-refractivity contribution in [2.75, 3.05) is 9.80 Å². The number of nitrogens with zero attached hydrogens (tertiary/aromatic N) is 4. The van der Waals surface area contributed by atoms with Crippen LogP contribution < -0.4 is 26.2 Å². The Morgan fingerprint density at radius 1 is 0.233 bits per heavy atom. The van der Waals surface area contributed by atoms with E-state index in [9.17, 15) is 5.48 Å². The number of rotatable bonds is 9. The summed E-state index contributed by atoms with van der Waals surface area (Å²) in [6.45, 7) is 69.3. The summed E-state index contributed by atoms with van der Waals surface area (Å²) in [6, 6.07) is 93.1. The highest BCUT2D eigenvalue weighted by molar-refractivity contribution is 7.00. The fourth-order valence-electron chi connectivity index (χ4n) is 20.2. The number of hydrogen-bond acceptors (Lipinski definition) is 2. The molecule has 2 aliphatic rings. The molecule has 0 spiro atoms. The Morgan fingerprint density at radius 3 is 0.930 bits per heavy atom. The zero-order valence-corrected chi connectivity index (χ0v) is 82.5. The second kappa shape index (κ2) is 30.5. The van der Waals surface area contributed by atoms with E-state index in [0.29, 0.717) is 5.56 Å². The lowest BCUT2D eigenvalue weighted by Crippen LogP contribution is -2.61. The van der Waals surface area contributed by atoms with Gasteiger partial charge in [-0.2, -0.15) is 0 Å². The van der Waals surface area contributed by atoms with Gasteiger partial charge in [0.25, 0.3) is 6.71 Å². The van der Waals surface area contributed by atoms with Crippen LogP contribution in [0.25, 0.3) is 111 Å². The fourth-order valence-corrected chi connectivity index (χ4v) is 20.2. The Labute approximate surface area is 779 Å². The Kier molecular flexibility index (Phi) is 19.3. The maximum Gasteiger partial charge on any atom is 0.252 e. The Morgan fingerprint density at radius 2 is 0.550 bits per heavy atom. The number of aromatic nitrogens is 2. The largest absolute Gasteiger partial charge is 0.310 e. The molecule has 0 saturated carbocycles. The topological polar surface area (TPSA) is 16.3 Å². The first-order valence-electron chi connectivity index (χ1n) is 49.5. The van der Waals surface area contributed by atoms with Gasteiger partial charge in [0.05, 0.1) is 46.0 Å². The van der Waals surface area contributed by atoms with Crippen molar-refractivity contribution < 1.29 is 6.85 Å². The molecule has 5 heteroatoms. The molecule has 0 amide bonds. The summed E-state index contributed by atoms with van der Waals surface area (Å²) in [5.41, 5.74) is 34.5. The molecule has 0 aliphatic carbocycles. The van der Waals surface area contributed by atoms with Crippen molar-refractivity contribution in [3.8, 4) is 67.0 Å². The van der Waals surface area contributed by atoms with E-state index in [1.807, 2.05) is 6.07 Å². The van der Waals surface area contributed by atoms with Gasteiger partial charge in [0, 0.05) is 72.2 Å². The molecule has 0 atom stereocenters. The van der Waals surface area contributed by atoms with Crippen LogP contribution in [0.5, 0.6) is 0 Å². The van der Waals surface area contributed by atoms with Gasteiger partial charge in [-0.1, -0.05) is 402 Å². The van der Waals surface area contributed by atoms with Gasteiger partial charge >= 0.3 is 0 Å². The molecule has 654 valence electrons. The first-order chi connectivity index (χ1) is 62.4. The number of fused-ring (bicyclic) bond motifs is 10. The first kappa shape index (κ1) is 81.8. The van der Waals surface area contributed by atoms with E-state index >= 15 is 0 Å². The Hall–Kier alpha value is -11.7. The average molecular weight is 1700 g/mol. The minimum atomic E-state index is -0.537. The molecule has 16 aromatic rings. The third kappa shape index (κ3) is 15.6. The molecule has 2 aromatic heterocycles. The van der Waals surface area contributed by atoms with Gasteiger partial charge in [-0.25, -0.2) is 0 Å². The van der Waals surface area contributed by atoms with Gasteiger partial charge in [0.2, 0.25) is 0 Å². The molecular weight excluding hydrogens is 1560 g/mol. The van der Waals surface area contributed by atoms with Crippen molar-refractivity contribution in [1.82, 2.24) is 9.13 Å². The van der Waals surface area contributed by atoms with Gasteiger partial charge in [-0.3, -0.25) is 0 Å². The highest BCUT2D eigenvalue weighted by Gasteiger charge is 2.47. The van der Waals surface area contributed by atoms with E-state index in [1.165, 1.54) is 72.0 Å². The zero-order valence-electron chi connectivity index (χ0n) is 87.5. The molecule has 0 unspecified atom stereocenters. The molecule has 0 saturated heterocycles. The van der Waals surface area contributed by atoms with Crippen LogP contribution in [0.4, 0.5) is 34.1 Å².